The van der Waals surface area contributed by atoms with Crippen molar-refractivity contribution in [2.45, 2.75) is 33.4 Å². The van der Waals surface area contributed by atoms with Crippen LogP contribution in [0.2, 0.25) is 0 Å². The van der Waals surface area contributed by atoms with Crippen LogP contribution in [0.4, 0.5) is 0 Å². The lowest BCUT2D eigenvalue weighted by molar-refractivity contribution is 0.557. The summed E-state index contributed by atoms with van der Waals surface area (Å²) < 4.78 is 3.37. The van der Waals surface area contributed by atoms with E-state index in [1.54, 1.807) is 16.2 Å². The molecule has 1 aromatic heterocycles. The van der Waals surface area contributed by atoms with E-state index in [0.717, 1.165) is 11.4 Å². The minimum atomic E-state index is 0.0122. The summed E-state index contributed by atoms with van der Waals surface area (Å²) >= 11 is 0. The van der Waals surface area contributed by atoms with Gasteiger partial charge in [-0.2, -0.15) is 0 Å². The van der Waals surface area contributed by atoms with Crippen molar-refractivity contribution in [3.05, 3.63) is 21.9 Å². The van der Waals surface area contributed by atoms with Gasteiger partial charge in [0, 0.05) is 31.0 Å². The standard InChI is InChI=1S/C9H17N3O/c1-6(10)5-12-8(3)7(2)11(4)9(12)13/h6H,5,10H2,1-4H3. The lowest BCUT2D eigenvalue weighted by Gasteiger charge is -2.06. The molecule has 2 N–H and O–H groups in total. The van der Waals surface area contributed by atoms with Gasteiger partial charge in [0.2, 0.25) is 0 Å². The van der Waals surface area contributed by atoms with E-state index in [2.05, 4.69) is 0 Å². The first kappa shape index (κ1) is 10.1. The van der Waals surface area contributed by atoms with Crippen molar-refractivity contribution in [3.63, 3.8) is 0 Å². The van der Waals surface area contributed by atoms with E-state index >= 15 is 0 Å². The highest BCUT2D eigenvalue weighted by atomic mass is 16.1. The SMILES string of the molecule is Cc1c(C)n(CC(C)N)c(=O)n1C. The second kappa shape index (κ2) is 3.38. The van der Waals surface area contributed by atoms with Gasteiger partial charge in [0.15, 0.2) is 0 Å². The first-order valence-electron chi connectivity index (χ1n) is 4.43. The van der Waals surface area contributed by atoms with Crippen LogP contribution in [0.25, 0.3) is 0 Å². The Morgan fingerprint density at radius 1 is 1.38 bits per heavy atom. The van der Waals surface area contributed by atoms with Crippen molar-refractivity contribution < 1.29 is 0 Å². The van der Waals surface area contributed by atoms with E-state index in [4.69, 9.17) is 5.73 Å². The molecule has 4 heteroatoms. The molecule has 1 rings (SSSR count). The van der Waals surface area contributed by atoms with Gasteiger partial charge in [-0.05, 0) is 20.8 Å². The van der Waals surface area contributed by atoms with Crippen LogP contribution >= 0.6 is 0 Å². The molecule has 0 fully saturated rings. The Morgan fingerprint density at radius 3 is 2.23 bits per heavy atom. The fraction of sp³-hybridized carbons (Fsp3) is 0.667. The summed E-state index contributed by atoms with van der Waals surface area (Å²) in [6, 6.07) is 0.0122. The van der Waals surface area contributed by atoms with Crippen molar-refractivity contribution in [2.75, 3.05) is 0 Å². The van der Waals surface area contributed by atoms with Gasteiger partial charge in [-0.1, -0.05) is 0 Å². The summed E-state index contributed by atoms with van der Waals surface area (Å²) in [6.45, 7) is 6.37. The molecule has 0 saturated carbocycles. The fourth-order valence-corrected chi connectivity index (χ4v) is 1.41. The third-order valence-electron chi connectivity index (χ3n) is 2.42. The number of nitrogens with two attached hydrogens (primary N) is 1. The maximum atomic E-state index is 11.6. The molecule has 1 atom stereocenters. The maximum Gasteiger partial charge on any atom is 0.328 e. The molecule has 0 aromatic carbocycles. The van der Waals surface area contributed by atoms with E-state index in [1.165, 1.54) is 0 Å². The van der Waals surface area contributed by atoms with Crippen LogP contribution in [-0.4, -0.2) is 15.2 Å². The Balaban J connectivity index is 3.22. The highest BCUT2D eigenvalue weighted by molar-refractivity contribution is 5.11. The molecule has 0 amide bonds. The predicted octanol–water partition coefficient (Wildman–Crippen LogP) is 0.151. The summed E-state index contributed by atoms with van der Waals surface area (Å²) in [5, 5.41) is 0. The number of nitrogens with zero attached hydrogens (tertiary/aromatic N) is 2. The molecule has 74 valence electrons. The molecule has 13 heavy (non-hydrogen) atoms. The summed E-state index contributed by atoms with van der Waals surface area (Å²) in [6.07, 6.45) is 0. The van der Waals surface area contributed by atoms with E-state index in [0.29, 0.717) is 6.54 Å². The van der Waals surface area contributed by atoms with Gasteiger partial charge >= 0.3 is 5.69 Å². The van der Waals surface area contributed by atoms with Crippen molar-refractivity contribution in [3.8, 4) is 0 Å². The fourth-order valence-electron chi connectivity index (χ4n) is 1.41. The average Bonchev–Trinajstić information content (AvgIpc) is 2.22. The lowest BCUT2D eigenvalue weighted by Crippen LogP contribution is -2.31. The van der Waals surface area contributed by atoms with Gasteiger partial charge in [-0.15, -0.1) is 0 Å². The van der Waals surface area contributed by atoms with Gasteiger partial charge in [-0.25, -0.2) is 4.79 Å². The zero-order valence-corrected chi connectivity index (χ0v) is 8.66. The Morgan fingerprint density at radius 2 is 1.92 bits per heavy atom. The normalized spacial score (nSPS) is 13.3. The predicted molar refractivity (Wildman–Crippen MR) is 52.8 cm³/mol. The molecule has 1 unspecified atom stereocenters. The number of aromatic nitrogens is 2. The second-order valence-electron chi connectivity index (χ2n) is 3.60. The minimum Gasteiger partial charge on any atom is -0.326 e. The number of imidazole rings is 1. The van der Waals surface area contributed by atoms with Gasteiger partial charge in [0.25, 0.3) is 0 Å². The highest BCUT2D eigenvalue weighted by Crippen LogP contribution is 2.03. The molecule has 0 aliphatic heterocycles. The van der Waals surface area contributed by atoms with Crippen LogP contribution in [0, 0.1) is 13.8 Å². The van der Waals surface area contributed by atoms with Crippen LogP contribution in [0.1, 0.15) is 18.3 Å². The van der Waals surface area contributed by atoms with Gasteiger partial charge in [-0.3, -0.25) is 9.13 Å². The van der Waals surface area contributed by atoms with Crippen LogP contribution < -0.4 is 11.4 Å². The number of hydrogen-bond donors (Lipinski definition) is 1. The van der Waals surface area contributed by atoms with Crippen LogP contribution in [0.15, 0.2) is 4.79 Å². The first-order chi connectivity index (χ1) is 5.95. The zero-order chi connectivity index (χ0) is 10.2. The molecule has 0 aliphatic carbocycles. The second-order valence-corrected chi connectivity index (χ2v) is 3.60. The van der Waals surface area contributed by atoms with Crippen molar-refractivity contribution in [1.82, 2.24) is 9.13 Å². The molecule has 1 heterocycles. The molecule has 0 radical (unpaired) electrons. The average molecular weight is 183 g/mol. The minimum absolute atomic E-state index is 0.0122. The third kappa shape index (κ3) is 1.67. The molecule has 0 saturated heterocycles. The van der Waals surface area contributed by atoms with Crippen molar-refractivity contribution >= 4 is 0 Å². The van der Waals surface area contributed by atoms with E-state index < -0.39 is 0 Å². The van der Waals surface area contributed by atoms with Gasteiger partial charge in [0.1, 0.15) is 0 Å². The molecular weight excluding hydrogens is 166 g/mol. The smallest absolute Gasteiger partial charge is 0.326 e. The van der Waals surface area contributed by atoms with E-state index in [9.17, 15) is 4.79 Å². The zero-order valence-electron chi connectivity index (χ0n) is 8.66. The Labute approximate surface area is 78.0 Å². The molecule has 0 spiro atoms. The lowest BCUT2D eigenvalue weighted by atomic mass is 10.3. The van der Waals surface area contributed by atoms with Crippen LogP contribution in [-0.2, 0) is 13.6 Å². The Kier molecular flexibility index (Phi) is 2.61. The summed E-state index contributed by atoms with van der Waals surface area (Å²) in [5.41, 5.74) is 7.68. The Bertz CT molecular complexity index is 360. The molecule has 0 bridgehead atoms. The largest absolute Gasteiger partial charge is 0.328 e. The molecule has 4 nitrogen and oxygen atoms in total. The van der Waals surface area contributed by atoms with Gasteiger partial charge in [0.05, 0.1) is 0 Å². The van der Waals surface area contributed by atoms with Crippen LogP contribution in [0.3, 0.4) is 0 Å². The molecule has 0 aliphatic rings. The summed E-state index contributed by atoms with van der Waals surface area (Å²) in [4.78, 5) is 11.6. The van der Waals surface area contributed by atoms with Gasteiger partial charge < -0.3 is 5.73 Å². The van der Waals surface area contributed by atoms with Crippen molar-refractivity contribution in [1.29, 1.82) is 0 Å². The highest BCUT2D eigenvalue weighted by Gasteiger charge is 2.10. The summed E-state index contributed by atoms with van der Waals surface area (Å²) in [5.74, 6) is 0. The summed E-state index contributed by atoms with van der Waals surface area (Å²) in [7, 11) is 1.78. The quantitative estimate of drug-likeness (QED) is 0.709. The first-order valence-corrected chi connectivity index (χ1v) is 4.43. The van der Waals surface area contributed by atoms with E-state index in [1.807, 2.05) is 20.8 Å². The molecular formula is C9H17N3O. The monoisotopic (exact) mass is 183 g/mol. The topological polar surface area (TPSA) is 52.9 Å². The van der Waals surface area contributed by atoms with Crippen LogP contribution in [0.5, 0.6) is 0 Å². The maximum absolute atomic E-state index is 11.6. The van der Waals surface area contributed by atoms with Crippen molar-refractivity contribution in [2.24, 2.45) is 12.8 Å². The number of rotatable bonds is 2. The molecule has 1 aromatic rings. The van der Waals surface area contributed by atoms with E-state index in [-0.39, 0.29) is 11.7 Å². The third-order valence-corrected chi connectivity index (χ3v) is 2.42. The Hall–Kier alpha value is -1.03. The number of hydrogen-bond acceptors (Lipinski definition) is 2.